The van der Waals surface area contributed by atoms with Gasteiger partial charge in [-0.3, -0.25) is 0 Å². The molecule has 0 spiro atoms. The average Bonchev–Trinajstić information content (AvgIpc) is 3.49. The smallest absolute Gasteiger partial charge is 0.136 e. The second kappa shape index (κ2) is 12.4. The van der Waals surface area contributed by atoms with Crippen LogP contribution in [-0.2, 0) is 0 Å². The number of hydrogen-bond donors (Lipinski definition) is 0. The minimum atomic E-state index is 0.833. The molecule has 7 aromatic carbocycles. The Morgan fingerprint density at radius 2 is 0.923 bits per heavy atom. The molecule has 1 aliphatic rings. The van der Waals surface area contributed by atoms with Gasteiger partial charge in [0.25, 0.3) is 0 Å². The third-order valence-corrected chi connectivity index (χ3v) is 9.99. The van der Waals surface area contributed by atoms with Crippen molar-refractivity contribution in [3.63, 3.8) is 0 Å². The Morgan fingerprint density at radius 3 is 1.65 bits per heavy atom. The SMILES string of the molecule is c1ccc(-c2cc(-c3ccccc3)nc(-c3cccc(-n4c5c(c6cccc(-c7ccccc7)c64)-c4ccccc4Oc4ccccc4-5)c3)c2)cc1. The van der Waals surface area contributed by atoms with E-state index in [1.54, 1.807) is 0 Å². The van der Waals surface area contributed by atoms with Crippen LogP contribution < -0.4 is 4.74 Å². The predicted molar refractivity (Wildman–Crippen MR) is 214 cm³/mol. The number of nitrogens with zero attached hydrogens (tertiary/aromatic N) is 2. The molecule has 3 heterocycles. The molecule has 10 rings (SSSR count). The Morgan fingerprint density at radius 1 is 0.385 bits per heavy atom. The van der Waals surface area contributed by atoms with E-state index in [1.807, 2.05) is 18.2 Å². The van der Waals surface area contributed by atoms with Crippen LogP contribution in [0.4, 0.5) is 0 Å². The van der Waals surface area contributed by atoms with Crippen molar-refractivity contribution < 1.29 is 4.74 Å². The van der Waals surface area contributed by atoms with Crippen molar-refractivity contribution in [2.75, 3.05) is 0 Å². The highest BCUT2D eigenvalue weighted by Gasteiger charge is 2.29. The maximum absolute atomic E-state index is 6.68. The first kappa shape index (κ1) is 29.9. The lowest BCUT2D eigenvalue weighted by Gasteiger charge is -2.17. The number of para-hydroxylation sites is 3. The van der Waals surface area contributed by atoms with E-state index in [2.05, 4.69) is 180 Å². The molecule has 0 amide bonds. The summed E-state index contributed by atoms with van der Waals surface area (Å²) in [6, 6.07) is 68.4. The molecule has 9 aromatic rings. The number of pyridine rings is 1. The van der Waals surface area contributed by atoms with E-state index in [0.717, 1.165) is 78.7 Å². The van der Waals surface area contributed by atoms with Crippen LogP contribution in [0.3, 0.4) is 0 Å². The van der Waals surface area contributed by atoms with E-state index in [1.165, 1.54) is 16.5 Å². The lowest BCUT2D eigenvalue weighted by Crippen LogP contribution is -2.00. The molecule has 0 atom stereocenters. The molecular formula is C49H32N2O. The second-order valence-corrected chi connectivity index (χ2v) is 13.1. The van der Waals surface area contributed by atoms with Crippen LogP contribution >= 0.6 is 0 Å². The largest absolute Gasteiger partial charge is 0.456 e. The van der Waals surface area contributed by atoms with Crippen molar-refractivity contribution in [1.82, 2.24) is 9.55 Å². The van der Waals surface area contributed by atoms with Crippen molar-refractivity contribution in [1.29, 1.82) is 0 Å². The molecule has 52 heavy (non-hydrogen) atoms. The van der Waals surface area contributed by atoms with Crippen molar-refractivity contribution in [3.8, 4) is 84.3 Å². The van der Waals surface area contributed by atoms with Gasteiger partial charge in [-0.25, -0.2) is 4.98 Å². The van der Waals surface area contributed by atoms with Crippen LogP contribution in [0.2, 0.25) is 0 Å². The van der Waals surface area contributed by atoms with Crippen LogP contribution in [0.5, 0.6) is 11.5 Å². The molecule has 2 aromatic heterocycles. The Kier molecular flexibility index (Phi) is 7.14. The van der Waals surface area contributed by atoms with Crippen molar-refractivity contribution in [2.45, 2.75) is 0 Å². The summed E-state index contributed by atoms with van der Waals surface area (Å²) in [4.78, 5) is 5.29. The molecule has 244 valence electrons. The Hall–Kier alpha value is -6.97. The van der Waals surface area contributed by atoms with Gasteiger partial charge in [0.15, 0.2) is 0 Å². The fraction of sp³-hybridized carbons (Fsp3) is 0. The fourth-order valence-corrected chi connectivity index (χ4v) is 7.64. The zero-order valence-corrected chi connectivity index (χ0v) is 28.3. The van der Waals surface area contributed by atoms with Crippen molar-refractivity contribution >= 4 is 10.9 Å². The summed E-state index contributed by atoms with van der Waals surface area (Å²) in [6.07, 6.45) is 0. The van der Waals surface area contributed by atoms with E-state index in [-0.39, 0.29) is 0 Å². The van der Waals surface area contributed by atoms with Gasteiger partial charge >= 0.3 is 0 Å². The van der Waals surface area contributed by atoms with Crippen LogP contribution in [-0.4, -0.2) is 9.55 Å². The highest BCUT2D eigenvalue weighted by Crippen LogP contribution is 2.53. The average molecular weight is 665 g/mol. The van der Waals surface area contributed by atoms with Gasteiger partial charge in [-0.1, -0.05) is 152 Å². The fourth-order valence-electron chi connectivity index (χ4n) is 7.64. The van der Waals surface area contributed by atoms with Gasteiger partial charge in [0.1, 0.15) is 11.5 Å². The predicted octanol–water partition coefficient (Wildman–Crippen LogP) is 13.1. The van der Waals surface area contributed by atoms with E-state index in [0.29, 0.717) is 0 Å². The Labute approximate surface area is 302 Å². The van der Waals surface area contributed by atoms with E-state index in [4.69, 9.17) is 9.72 Å². The number of rotatable bonds is 5. The third kappa shape index (κ3) is 5.02. The Bertz CT molecular complexity index is 2690. The molecule has 1 aliphatic heterocycles. The zero-order chi connectivity index (χ0) is 34.4. The third-order valence-electron chi connectivity index (χ3n) is 9.99. The molecule has 3 nitrogen and oxygen atoms in total. The van der Waals surface area contributed by atoms with Gasteiger partial charge in [0, 0.05) is 44.5 Å². The van der Waals surface area contributed by atoms with Crippen LogP contribution in [0.25, 0.3) is 83.7 Å². The number of benzene rings is 7. The molecule has 0 unspecified atom stereocenters. The van der Waals surface area contributed by atoms with Crippen LogP contribution in [0.1, 0.15) is 0 Å². The Balaban J connectivity index is 1.28. The van der Waals surface area contributed by atoms with Gasteiger partial charge in [0.2, 0.25) is 0 Å². The summed E-state index contributed by atoms with van der Waals surface area (Å²) in [6.45, 7) is 0. The molecule has 0 radical (unpaired) electrons. The molecule has 0 saturated carbocycles. The lowest BCUT2D eigenvalue weighted by atomic mass is 9.96. The minimum absolute atomic E-state index is 0.833. The topological polar surface area (TPSA) is 27.1 Å². The summed E-state index contributed by atoms with van der Waals surface area (Å²) in [7, 11) is 0. The number of ether oxygens (including phenoxy) is 1. The molecule has 0 saturated heterocycles. The van der Waals surface area contributed by atoms with Gasteiger partial charge in [-0.2, -0.15) is 0 Å². The van der Waals surface area contributed by atoms with Gasteiger partial charge in [-0.05, 0) is 59.2 Å². The number of aromatic nitrogens is 2. The summed E-state index contributed by atoms with van der Waals surface area (Å²) >= 11 is 0. The monoisotopic (exact) mass is 664 g/mol. The molecule has 0 aliphatic carbocycles. The summed E-state index contributed by atoms with van der Waals surface area (Å²) < 4.78 is 9.12. The first-order chi connectivity index (χ1) is 25.8. The molecule has 3 heteroatoms. The molecular weight excluding hydrogens is 633 g/mol. The van der Waals surface area contributed by atoms with Crippen molar-refractivity contribution in [3.05, 3.63) is 194 Å². The normalized spacial score (nSPS) is 11.6. The minimum Gasteiger partial charge on any atom is -0.456 e. The summed E-state index contributed by atoms with van der Waals surface area (Å²) in [5.41, 5.74) is 15.2. The summed E-state index contributed by atoms with van der Waals surface area (Å²) in [5.74, 6) is 1.68. The zero-order valence-electron chi connectivity index (χ0n) is 28.3. The van der Waals surface area contributed by atoms with Gasteiger partial charge < -0.3 is 9.30 Å². The van der Waals surface area contributed by atoms with Crippen LogP contribution in [0.15, 0.2) is 194 Å². The maximum atomic E-state index is 6.68. The van der Waals surface area contributed by atoms with Gasteiger partial charge in [0.05, 0.1) is 22.6 Å². The van der Waals surface area contributed by atoms with E-state index in [9.17, 15) is 0 Å². The van der Waals surface area contributed by atoms with Gasteiger partial charge in [-0.15, -0.1) is 0 Å². The maximum Gasteiger partial charge on any atom is 0.136 e. The highest BCUT2D eigenvalue weighted by molar-refractivity contribution is 6.12. The quantitative estimate of drug-likeness (QED) is 0.183. The number of fused-ring (bicyclic) bond motifs is 7. The first-order valence-electron chi connectivity index (χ1n) is 17.6. The molecule has 0 fully saturated rings. The number of hydrogen-bond acceptors (Lipinski definition) is 2. The highest BCUT2D eigenvalue weighted by atomic mass is 16.5. The lowest BCUT2D eigenvalue weighted by molar-refractivity contribution is 0.487. The first-order valence-corrected chi connectivity index (χ1v) is 17.6. The van der Waals surface area contributed by atoms with Crippen molar-refractivity contribution in [2.24, 2.45) is 0 Å². The van der Waals surface area contributed by atoms with E-state index >= 15 is 0 Å². The molecule has 0 N–H and O–H groups in total. The summed E-state index contributed by atoms with van der Waals surface area (Å²) in [5, 5.41) is 1.17. The van der Waals surface area contributed by atoms with E-state index < -0.39 is 0 Å². The standard InChI is InChI=1S/C49H32N2O/c1-4-16-33(17-5-1)37-31-43(35-20-8-3-9-21-35)50-44(32-37)36-22-14-23-38(30-36)51-48-39(34-18-6-2-7-19-34)26-15-27-42(48)47-40-24-10-12-28-45(40)52-46-29-13-11-25-41(46)49(47)51/h1-32H. The second-order valence-electron chi connectivity index (χ2n) is 13.1. The molecule has 0 bridgehead atoms. The van der Waals surface area contributed by atoms with Crippen LogP contribution in [0, 0.1) is 0 Å².